The molecular weight excluding hydrogens is 340 g/mol. The molecule has 2 aromatic rings. The number of hydrogen-bond acceptors (Lipinski definition) is 2. The van der Waals surface area contributed by atoms with Crippen LogP contribution in [0.3, 0.4) is 0 Å². The molecule has 0 fully saturated rings. The van der Waals surface area contributed by atoms with Gasteiger partial charge in [0.2, 0.25) is 0 Å². The predicted octanol–water partition coefficient (Wildman–Crippen LogP) is 4.43. The Morgan fingerprint density at radius 2 is 1.95 bits per heavy atom. The highest BCUT2D eigenvalue weighted by atomic mass is 79.9. The van der Waals surface area contributed by atoms with Crippen LogP contribution in [0.5, 0.6) is 5.75 Å². The maximum atomic E-state index is 14.1. The molecule has 0 aliphatic carbocycles. The fraction of sp³-hybridized carbons (Fsp3) is 0.250. The molecule has 0 heterocycles. The average Bonchev–Trinajstić information content (AvgIpc) is 2.48. The molecule has 1 unspecified atom stereocenters. The third kappa shape index (κ3) is 3.41. The van der Waals surface area contributed by atoms with E-state index in [1.54, 1.807) is 19.2 Å². The molecule has 0 bridgehead atoms. The van der Waals surface area contributed by atoms with Gasteiger partial charge in [-0.25, -0.2) is 8.78 Å². The molecule has 0 aliphatic heterocycles. The molecule has 0 aromatic heterocycles. The van der Waals surface area contributed by atoms with Crippen LogP contribution in [0.4, 0.5) is 8.78 Å². The highest BCUT2D eigenvalue weighted by Crippen LogP contribution is 2.33. The largest absolute Gasteiger partial charge is 0.496 e. The third-order valence-electron chi connectivity index (χ3n) is 3.20. The summed E-state index contributed by atoms with van der Waals surface area (Å²) in [5, 5.41) is 3.18. The fourth-order valence-corrected chi connectivity index (χ4v) is 2.64. The zero-order valence-electron chi connectivity index (χ0n) is 11.8. The van der Waals surface area contributed by atoms with Gasteiger partial charge < -0.3 is 10.1 Å². The molecule has 5 heteroatoms. The first-order valence-corrected chi connectivity index (χ1v) is 7.38. The van der Waals surface area contributed by atoms with E-state index in [2.05, 4.69) is 21.2 Å². The van der Waals surface area contributed by atoms with Gasteiger partial charge in [0.05, 0.1) is 13.2 Å². The van der Waals surface area contributed by atoms with Crippen molar-refractivity contribution in [3.8, 4) is 5.75 Å². The van der Waals surface area contributed by atoms with Crippen molar-refractivity contribution < 1.29 is 13.5 Å². The minimum atomic E-state index is -0.857. The van der Waals surface area contributed by atoms with Crippen LogP contribution >= 0.6 is 15.9 Å². The van der Waals surface area contributed by atoms with Crippen LogP contribution in [0, 0.1) is 11.6 Å². The molecule has 21 heavy (non-hydrogen) atoms. The SMILES string of the molecule is CCNC(c1cc(Br)ccc1OC)c1cccc(F)c1F. The number of ether oxygens (including phenoxy) is 1. The second-order valence-corrected chi connectivity index (χ2v) is 5.44. The van der Waals surface area contributed by atoms with Crippen molar-refractivity contribution in [3.05, 3.63) is 63.6 Å². The Hall–Kier alpha value is -1.46. The quantitative estimate of drug-likeness (QED) is 0.856. The molecule has 0 radical (unpaired) electrons. The average molecular weight is 356 g/mol. The number of methoxy groups -OCH3 is 1. The number of halogens is 3. The highest BCUT2D eigenvalue weighted by Gasteiger charge is 2.22. The van der Waals surface area contributed by atoms with Gasteiger partial charge in [-0.15, -0.1) is 0 Å². The van der Waals surface area contributed by atoms with Gasteiger partial charge in [0.1, 0.15) is 5.75 Å². The summed E-state index contributed by atoms with van der Waals surface area (Å²) in [4.78, 5) is 0. The molecule has 2 nitrogen and oxygen atoms in total. The Balaban J connectivity index is 2.58. The van der Waals surface area contributed by atoms with Crippen molar-refractivity contribution in [2.45, 2.75) is 13.0 Å². The normalized spacial score (nSPS) is 12.2. The van der Waals surface area contributed by atoms with E-state index in [9.17, 15) is 8.78 Å². The Labute approximate surface area is 131 Å². The Morgan fingerprint density at radius 1 is 1.19 bits per heavy atom. The summed E-state index contributed by atoms with van der Waals surface area (Å²) >= 11 is 3.40. The maximum Gasteiger partial charge on any atom is 0.163 e. The molecule has 2 rings (SSSR count). The fourth-order valence-electron chi connectivity index (χ4n) is 2.27. The van der Waals surface area contributed by atoms with Gasteiger partial charge >= 0.3 is 0 Å². The van der Waals surface area contributed by atoms with Gasteiger partial charge in [0.15, 0.2) is 11.6 Å². The smallest absolute Gasteiger partial charge is 0.163 e. The van der Waals surface area contributed by atoms with Crippen LogP contribution in [-0.2, 0) is 0 Å². The van der Waals surface area contributed by atoms with Crippen molar-refractivity contribution in [3.63, 3.8) is 0 Å². The second-order valence-electron chi connectivity index (χ2n) is 4.52. The number of nitrogens with one attached hydrogen (secondary N) is 1. The van der Waals surface area contributed by atoms with E-state index in [0.717, 1.165) is 16.1 Å². The molecule has 0 aliphatic rings. The van der Waals surface area contributed by atoms with E-state index >= 15 is 0 Å². The molecule has 0 saturated carbocycles. The number of hydrogen-bond donors (Lipinski definition) is 1. The zero-order valence-corrected chi connectivity index (χ0v) is 13.4. The number of benzene rings is 2. The molecular formula is C16H16BrF2NO. The summed E-state index contributed by atoms with van der Waals surface area (Å²) in [5.41, 5.74) is 1.01. The Bertz CT molecular complexity index is 634. The highest BCUT2D eigenvalue weighted by molar-refractivity contribution is 9.10. The van der Waals surface area contributed by atoms with E-state index in [-0.39, 0.29) is 5.56 Å². The van der Waals surface area contributed by atoms with Crippen LogP contribution in [0.25, 0.3) is 0 Å². The van der Waals surface area contributed by atoms with Crippen LogP contribution < -0.4 is 10.1 Å². The maximum absolute atomic E-state index is 14.1. The van der Waals surface area contributed by atoms with E-state index in [4.69, 9.17) is 4.74 Å². The Kier molecular flexibility index (Phi) is 5.31. The van der Waals surface area contributed by atoms with E-state index in [0.29, 0.717) is 12.3 Å². The lowest BCUT2D eigenvalue weighted by molar-refractivity contribution is 0.402. The van der Waals surface area contributed by atoms with E-state index < -0.39 is 17.7 Å². The standard InChI is InChI=1S/C16H16BrF2NO/c1-3-20-16(11-5-4-6-13(18)15(11)19)12-9-10(17)7-8-14(12)21-2/h4-9,16,20H,3H2,1-2H3. The minimum Gasteiger partial charge on any atom is -0.496 e. The molecule has 0 amide bonds. The summed E-state index contributed by atoms with van der Waals surface area (Å²) in [5.74, 6) is -1.08. The molecule has 112 valence electrons. The molecule has 1 atom stereocenters. The van der Waals surface area contributed by atoms with Crippen LogP contribution in [0.1, 0.15) is 24.1 Å². The van der Waals surface area contributed by atoms with Crippen molar-refractivity contribution in [1.29, 1.82) is 0 Å². The molecule has 1 N–H and O–H groups in total. The van der Waals surface area contributed by atoms with Crippen LogP contribution in [0.15, 0.2) is 40.9 Å². The van der Waals surface area contributed by atoms with Crippen molar-refractivity contribution in [1.82, 2.24) is 5.32 Å². The zero-order chi connectivity index (χ0) is 15.4. The monoisotopic (exact) mass is 355 g/mol. The van der Waals surface area contributed by atoms with Crippen LogP contribution in [-0.4, -0.2) is 13.7 Å². The Morgan fingerprint density at radius 3 is 2.62 bits per heavy atom. The summed E-state index contributed by atoms with van der Waals surface area (Å²) in [6.45, 7) is 2.52. The van der Waals surface area contributed by atoms with E-state index in [1.807, 2.05) is 19.1 Å². The van der Waals surface area contributed by atoms with Gasteiger partial charge in [-0.3, -0.25) is 0 Å². The van der Waals surface area contributed by atoms with Crippen molar-refractivity contribution in [2.75, 3.05) is 13.7 Å². The summed E-state index contributed by atoms with van der Waals surface area (Å²) in [6, 6.07) is 9.18. The lowest BCUT2D eigenvalue weighted by Gasteiger charge is -2.22. The molecule has 0 spiro atoms. The summed E-state index contributed by atoms with van der Waals surface area (Å²) in [6.07, 6.45) is 0. The van der Waals surface area contributed by atoms with E-state index in [1.165, 1.54) is 6.07 Å². The third-order valence-corrected chi connectivity index (χ3v) is 3.70. The minimum absolute atomic E-state index is 0.258. The lowest BCUT2D eigenvalue weighted by atomic mass is 9.97. The topological polar surface area (TPSA) is 21.3 Å². The van der Waals surface area contributed by atoms with Gasteiger partial charge in [0, 0.05) is 15.6 Å². The first-order chi connectivity index (χ1) is 10.1. The van der Waals surface area contributed by atoms with Gasteiger partial charge in [-0.1, -0.05) is 35.0 Å². The summed E-state index contributed by atoms with van der Waals surface area (Å²) in [7, 11) is 1.55. The first kappa shape index (κ1) is 15.9. The molecule has 0 saturated heterocycles. The van der Waals surface area contributed by atoms with Gasteiger partial charge in [0.25, 0.3) is 0 Å². The first-order valence-electron chi connectivity index (χ1n) is 6.59. The van der Waals surface area contributed by atoms with Crippen molar-refractivity contribution in [2.24, 2.45) is 0 Å². The van der Waals surface area contributed by atoms with Crippen molar-refractivity contribution >= 4 is 15.9 Å². The van der Waals surface area contributed by atoms with Crippen LogP contribution in [0.2, 0.25) is 0 Å². The lowest BCUT2D eigenvalue weighted by Crippen LogP contribution is -2.24. The summed E-state index contributed by atoms with van der Waals surface area (Å²) < 4.78 is 33.8. The predicted molar refractivity (Wildman–Crippen MR) is 82.6 cm³/mol. The molecule has 2 aromatic carbocycles. The number of rotatable bonds is 5. The van der Waals surface area contributed by atoms with Gasteiger partial charge in [-0.2, -0.15) is 0 Å². The second kappa shape index (κ2) is 7.00. The van der Waals surface area contributed by atoms with Gasteiger partial charge in [-0.05, 0) is 30.8 Å².